The molecule has 2 aromatic heterocycles. The van der Waals surface area contributed by atoms with Gasteiger partial charge in [0, 0.05) is 18.3 Å². The van der Waals surface area contributed by atoms with Crippen LogP contribution in [0.2, 0.25) is 0 Å². The Labute approximate surface area is 173 Å². The van der Waals surface area contributed by atoms with E-state index >= 15 is 0 Å². The van der Waals surface area contributed by atoms with Crippen molar-refractivity contribution in [3.05, 3.63) is 53.1 Å². The predicted octanol–water partition coefficient (Wildman–Crippen LogP) is 1.84. The van der Waals surface area contributed by atoms with E-state index in [0.717, 1.165) is 12.8 Å². The molecule has 0 spiro atoms. The molecule has 3 rings (SSSR count). The molecular weight excluding hydrogens is 384 g/mol. The first kappa shape index (κ1) is 20.8. The van der Waals surface area contributed by atoms with Gasteiger partial charge in [0.2, 0.25) is 5.91 Å². The molecule has 1 atom stereocenters. The lowest BCUT2D eigenvalue weighted by atomic mass is 9.87. The van der Waals surface area contributed by atoms with Crippen molar-refractivity contribution in [2.24, 2.45) is 5.73 Å². The number of carbonyl (C=O) groups excluding carboxylic acids is 2. The molecule has 3 heterocycles. The van der Waals surface area contributed by atoms with Crippen LogP contribution in [-0.4, -0.2) is 32.4 Å². The molecule has 0 bridgehead atoms. The second kappa shape index (κ2) is 8.61. The van der Waals surface area contributed by atoms with Crippen molar-refractivity contribution in [2.45, 2.75) is 38.3 Å². The van der Waals surface area contributed by atoms with E-state index in [1.165, 1.54) is 12.4 Å². The van der Waals surface area contributed by atoms with Crippen molar-refractivity contribution >= 4 is 23.6 Å². The molecular formula is C21H22N6O3. The fourth-order valence-electron chi connectivity index (χ4n) is 3.19. The summed E-state index contributed by atoms with van der Waals surface area (Å²) in [6, 6.07) is 5.15. The Bertz CT molecular complexity index is 1040. The standard InChI is InChI=1S/C21H22N6O3/c1-2-3-7-21(20(23)30)8-6-15-16(27-21)12-25-17(18(15)28)19(29)26-11-13-4-5-14(9-22)24-10-13/h4-6,8,10,12,27-28H,2-3,7,11H2,1H3,(H2,23,30)(H,26,29). The zero-order valence-electron chi connectivity index (χ0n) is 16.5. The summed E-state index contributed by atoms with van der Waals surface area (Å²) in [6.07, 6.45) is 8.30. The number of aromatic nitrogens is 2. The minimum absolute atomic E-state index is 0.137. The maximum absolute atomic E-state index is 12.5. The summed E-state index contributed by atoms with van der Waals surface area (Å²) in [5.41, 5.74) is 6.19. The van der Waals surface area contributed by atoms with Crippen LogP contribution >= 0.6 is 0 Å². The topological polar surface area (TPSA) is 154 Å². The molecule has 0 radical (unpaired) electrons. The van der Waals surface area contributed by atoms with Crippen LogP contribution in [0, 0.1) is 11.3 Å². The number of hydrogen-bond donors (Lipinski definition) is 4. The first-order chi connectivity index (χ1) is 14.4. The van der Waals surface area contributed by atoms with Gasteiger partial charge in [0.25, 0.3) is 5.91 Å². The van der Waals surface area contributed by atoms with Gasteiger partial charge < -0.3 is 21.5 Å². The second-order valence-corrected chi connectivity index (χ2v) is 7.03. The number of amides is 2. The smallest absolute Gasteiger partial charge is 0.274 e. The Hall–Kier alpha value is -3.93. The predicted molar refractivity (Wildman–Crippen MR) is 110 cm³/mol. The van der Waals surface area contributed by atoms with Crippen LogP contribution in [0.4, 0.5) is 5.69 Å². The van der Waals surface area contributed by atoms with E-state index in [2.05, 4.69) is 20.6 Å². The molecule has 30 heavy (non-hydrogen) atoms. The number of rotatable bonds is 7. The molecule has 1 aliphatic heterocycles. The molecule has 2 amide bonds. The van der Waals surface area contributed by atoms with E-state index in [0.29, 0.717) is 23.2 Å². The third-order valence-corrected chi connectivity index (χ3v) is 4.96. The van der Waals surface area contributed by atoms with Gasteiger partial charge in [0.15, 0.2) is 11.4 Å². The molecule has 0 saturated heterocycles. The monoisotopic (exact) mass is 406 g/mol. The Morgan fingerprint density at radius 2 is 2.13 bits per heavy atom. The van der Waals surface area contributed by atoms with Gasteiger partial charge in [0.05, 0.1) is 11.9 Å². The quantitative estimate of drug-likeness (QED) is 0.547. The highest BCUT2D eigenvalue weighted by atomic mass is 16.3. The number of fused-ring (bicyclic) bond motifs is 1. The molecule has 5 N–H and O–H groups in total. The lowest BCUT2D eigenvalue weighted by molar-refractivity contribution is -0.121. The number of nitriles is 1. The van der Waals surface area contributed by atoms with E-state index in [-0.39, 0.29) is 23.7 Å². The number of hydrogen-bond acceptors (Lipinski definition) is 7. The summed E-state index contributed by atoms with van der Waals surface area (Å²) in [7, 11) is 0. The first-order valence-corrected chi connectivity index (χ1v) is 9.52. The normalized spacial score (nSPS) is 16.8. The summed E-state index contributed by atoms with van der Waals surface area (Å²) in [5, 5.41) is 25.1. The van der Waals surface area contributed by atoms with Gasteiger partial charge in [-0.3, -0.25) is 9.59 Å². The third-order valence-electron chi connectivity index (χ3n) is 4.96. The molecule has 0 aromatic carbocycles. The van der Waals surface area contributed by atoms with Gasteiger partial charge >= 0.3 is 0 Å². The molecule has 2 aromatic rings. The molecule has 1 unspecified atom stereocenters. The Balaban J connectivity index is 1.78. The zero-order chi connectivity index (χ0) is 21.7. The van der Waals surface area contributed by atoms with E-state index in [4.69, 9.17) is 11.0 Å². The average molecular weight is 406 g/mol. The number of nitrogens with one attached hydrogen (secondary N) is 2. The summed E-state index contributed by atoms with van der Waals surface area (Å²) in [5.74, 6) is -1.37. The van der Waals surface area contributed by atoms with Gasteiger partial charge in [-0.2, -0.15) is 5.26 Å². The molecule has 0 fully saturated rings. The molecule has 9 heteroatoms. The second-order valence-electron chi connectivity index (χ2n) is 7.03. The third kappa shape index (κ3) is 4.07. The number of carbonyl (C=O) groups is 2. The first-order valence-electron chi connectivity index (χ1n) is 9.52. The van der Waals surface area contributed by atoms with Crippen LogP contribution < -0.4 is 16.4 Å². The van der Waals surface area contributed by atoms with Crippen molar-refractivity contribution in [2.75, 3.05) is 5.32 Å². The van der Waals surface area contributed by atoms with Crippen LogP contribution in [0.25, 0.3) is 6.08 Å². The number of pyridine rings is 2. The lowest BCUT2D eigenvalue weighted by Crippen LogP contribution is -2.50. The SMILES string of the molecule is CCCCC1(C(N)=O)C=Cc2c(cnc(C(=O)NCc3ccc(C#N)nc3)c2O)N1. The van der Waals surface area contributed by atoms with Gasteiger partial charge in [-0.25, -0.2) is 9.97 Å². The summed E-state index contributed by atoms with van der Waals surface area (Å²) >= 11 is 0. The van der Waals surface area contributed by atoms with Crippen LogP contribution in [0.15, 0.2) is 30.6 Å². The Morgan fingerprint density at radius 1 is 1.33 bits per heavy atom. The number of unbranched alkanes of at least 4 members (excludes halogenated alkanes) is 1. The fraction of sp³-hybridized carbons (Fsp3) is 0.286. The number of nitrogens with zero attached hydrogens (tertiary/aromatic N) is 3. The Kier molecular flexibility index (Phi) is 5.97. The number of anilines is 1. The van der Waals surface area contributed by atoms with Crippen molar-refractivity contribution in [3.63, 3.8) is 0 Å². The van der Waals surface area contributed by atoms with Crippen molar-refractivity contribution in [1.29, 1.82) is 5.26 Å². The van der Waals surface area contributed by atoms with Crippen molar-refractivity contribution in [3.8, 4) is 11.8 Å². The highest BCUT2D eigenvalue weighted by Gasteiger charge is 2.37. The van der Waals surface area contributed by atoms with Gasteiger partial charge in [-0.15, -0.1) is 0 Å². The molecule has 9 nitrogen and oxygen atoms in total. The van der Waals surface area contributed by atoms with Crippen LogP contribution in [0.5, 0.6) is 5.75 Å². The highest BCUT2D eigenvalue weighted by Crippen LogP contribution is 2.37. The lowest BCUT2D eigenvalue weighted by Gasteiger charge is -2.33. The van der Waals surface area contributed by atoms with E-state index in [9.17, 15) is 14.7 Å². The van der Waals surface area contributed by atoms with Crippen LogP contribution in [-0.2, 0) is 11.3 Å². The fourth-order valence-corrected chi connectivity index (χ4v) is 3.19. The molecule has 0 aliphatic carbocycles. The molecule has 0 saturated carbocycles. The van der Waals surface area contributed by atoms with E-state index in [1.807, 2.05) is 13.0 Å². The number of nitrogens with two attached hydrogens (primary N) is 1. The van der Waals surface area contributed by atoms with Gasteiger partial charge in [-0.05, 0) is 24.1 Å². The number of primary amides is 1. The molecule has 1 aliphatic rings. The maximum Gasteiger partial charge on any atom is 0.274 e. The molecule has 154 valence electrons. The average Bonchev–Trinajstić information content (AvgIpc) is 2.76. The highest BCUT2D eigenvalue weighted by molar-refractivity contribution is 5.99. The minimum atomic E-state index is -1.05. The Morgan fingerprint density at radius 3 is 2.77 bits per heavy atom. The maximum atomic E-state index is 12.5. The van der Waals surface area contributed by atoms with Crippen LogP contribution in [0.1, 0.15) is 53.5 Å². The summed E-state index contributed by atoms with van der Waals surface area (Å²) in [4.78, 5) is 32.6. The van der Waals surface area contributed by atoms with E-state index < -0.39 is 17.4 Å². The summed E-state index contributed by atoms with van der Waals surface area (Å²) in [6.45, 7) is 2.17. The minimum Gasteiger partial charge on any atom is -0.505 e. The van der Waals surface area contributed by atoms with E-state index in [1.54, 1.807) is 24.3 Å². The van der Waals surface area contributed by atoms with Gasteiger partial charge in [-0.1, -0.05) is 31.9 Å². The van der Waals surface area contributed by atoms with Crippen molar-refractivity contribution in [1.82, 2.24) is 15.3 Å². The summed E-state index contributed by atoms with van der Waals surface area (Å²) < 4.78 is 0. The van der Waals surface area contributed by atoms with Crippen LogP contribution in [0.3, 0.4) is 0 Å². The largest absolute Gasteiger partial charge is 0.505 e. The zero-order valence-corrected chi connectivity index (χ0v) is 16.5. The van der Waals surface area contributed by atoms with Gasteiger partial charge in [0.1, 0.15) is 17.3 Å². The number of aromatic hydroxyl groups is 1. The van der Waals surface area contributed by atoms with Crippen molar-refractivity contribution < 1.29 is 14.7 Å².